The van der Waals surface area contributed by atoms with Crippen LogP contribution in [-0.4, -0.2) is 36.9 Å². The molecule has 0 aliphatic rings. The van der Waals surface area contributed by atoms with Crippen molar-refractivity contribution < 1.29 is 9.90 Å². The van der Waals surface area contributed by atoms with Crippen LogP contribution in [0.3, 0.4) is 0 Å². The Hall–Kier alpha value is -1.68. The molecule has 0 saturated heterocycles. The van der Waals surface area contributed by atoms with Gasteiger partial charge in [-0.3, -0.25) is 9.79 Å². The molecule has 0 fully saturated rings. The van der Waals surface area contributed by atoms with Gasteiger partial charge in [0, 0.05) is 13.3 Å². The molecule has 1 atom stereocenters. The van der Waals surface area contributed by atoms with Crippen LogP contribution in [-0.2, 0) is 4.79 Å². The number of nitrogens with one attached hydrogen (secondary N) is 1. The van der Waals surface area contributed by atoms with Crippen molar-refractivity contribution in [1.29, 1.82) is 0 Å². The Bertz CT molecular complexity index is 388. The van der Waals surface area contributed by atoms with E-state index in [4.69, 9.17) is 5.11 Å². The molecule has 0 aliphatic carbocycles. The summed E-state index contributed by atoms with van der Waals surface area (Å²) >= 11 is 0. The van der Waals surface area contributed by atoms with E-state index in [2.05, 4.69) is 10.3 Å². The number of hydrogen-bond acceptors (Lipinski definition) is 3. The molecule has 0 radical (unpaired) electrons. The van der Waals surface area contributed by atoms with E-state index < -0.39 is 6.04 Å². The molecule has 0 spiro atoms. The van der Waals surface area contributed by atoms with Gasteiger partial charge in [0.05, 0.1) is 6.61 Å². The number of hydrogen-bond donors (Lipinski definition) is 2. The molecule has 0 unspecified atom stereocenters. The first kappa shape index (κ1) is 12.4. The number of carbonyl (C=O) groups excluding carboxylic acids is 1. The Morgan fingerprint density at radius 3 is 2.81 bits per heavy atom. The van der Waals surface area contributed by atoms with Gasteiger partial charge in [-0.05, 0) is 18.1 Å². The quantitative estimate of drug-likeness (QED) is 0.727. The van der Waals surface area contributed by atoms with E-state index in [1.165, 1.54) is 7.05 Å². The van der Waals surface area contributed by atoms with Crippen molar-refractivity contribution in [3.05, 3.63) is 35.4 Å². The van der Waals surface area contributed by atoms with Crippen LogP contribution in [0.2, 0.25) is 0 Å². The fourth-order valence-corrected chi connectivity index (χ4v) is 1.27. The Morgan fingerprint density at radius 1 is 1.56 bits per heavy atom. The lowest BCUT2D eigenvalue weighted by atomic mass is 10.1. The van der Waals surface area contributed by atoms with Crippen molar-refractivity contribution in [2.24, 2.45) is 4.99 Å². The van der Waals surface area contributed by atoms with E-state index in [1.54, 1.807) is 6.21 Å². The van der Waals surface area contributed by atoms with Crippen molar-refractivity contribution in [3.8, 4) is 0 Å². The molecule has 0 heterocycles. The maximum absolute atomic E-state index is 11.3. The molecule has 1 aromatic carbocycles. The number of aliphatic hydroxyl groups is 1. The maximum Gasteiger partial charge on any atom is 0.246 e. The van der Waals surface area contributed by atoms with Crippen molar-refractivity contribution in [2.45, 2.75) is 13.0 Å². The van der Waals surface area contributed by atoms with Crippen LogP contribution >= 0.6 is 0 Å². The topological polar surface area (TPSA) is 61.7 Å². The number of rotatable bonds is 4. The fourth-order valence-electron chi connectivity index (χ4n) is 1.27. The third-order valence-electron chi connectivity index (χ3n) is 2.30. The normalized spacial score (nSPS) is 12.7. The number of aliphatic imine (C=N–C) groups is 1. The Balaban J connectivity index is 2.79. The van der Waals surface area contributed by atoms with E-state index in [0.29, 0.717) is 0 Å². The smallest absolute Gasteiger partial charge is 0.246 e. The monoisotopic (exact) mass is 220 g/mol. The molecule has 16 heavy (non-hydrogen) atoms. The summed E-state index contributed by atoms with van der Waals surface area (Å²) in [7, 11) is 1.52. The summed E-state index contributed by atoms with van der Waals surface area (Å²) in [4.78, 5) is 15.3. The van der Waals surface area contributed by atoms with Crippen LogP contribution in [0.25, 0.3) is 0 Å². The zero-order valence-corrected chi connectivity index (χ0v) is 9.47. The van der Waals surface area contributed by atoms with E-state index in [0.717, 1.165) is 11.1 Å². The average molecular weight is 220 g/mol. The van der Waals surface area contributed by atoms with Gasteiger partial charge < -0.3 is 10.4 Å². The highest BCUT2D eigenvalue weighted by Gasteiger charge is 2.12. The molecule has 0 bridgehead atoms. The third kappa shape index (κ3) is 3.17. The lowest BCUT2D eigenvalue weighted by molar-refractivity contribution is -0.122. The number of amides is 1. The first-order valence-corrected chi connectivity index (χ1v) is 5.10. The predicted molar refractivity (Wildman–Crippen MR) is 63.7 cm³/mol. The van der Waals surface area contributed by atoms with Crippen LogP contribution in [0.1, 0.15) is 11.1 Å². The molecule has 0 aliphatic heterocycles. The lowest BCUT2D eigenvalue weighted by Gasteiger charge is -2.07. The molecule has 0 aromatic heterocycles. The summed E-state index contributed by atoms with van der Waals surface area (Å²) < 4.78 is 0. The Labute approximate surface area is 95.0 Å². The highest BCUT2D eigenvalue weighted by Crippen LogP contribution is 2.04. The van der Waals surface area contributed by atoms with Gasteiger partial charge in [0.25, 0.3) is 0 Å². The summed E-state index contributed by atoms with van der Waals surface area (Å²) in [5, 5.41) is 11.5. The molecule has 0 saturated carbocycles. The largest absolute Gasteiger partial charge is 0.394 e. The molecule has 4 heteroatoms. The molecule has 1 rings (SSSR count). The second-order valence-corrected chi connectivity index (χ2v) is 3.45. The number of likely N-dealkylation sites (N-methyl/N-ethyl adjacent to an activating group) is 1. The van der Waals surface area contributed by atoms with Gasteiger partial charge in [0.15, 0.2) is 6.04 Å². The molecule has 2 N–H and O–H groups in total. The van der Waals surface area contributed by atoms with Gasteiger partial charge in [0.2, 0.25) is 5.91 Å². The van der Waals surface area contributed by atoms with Crippen LogP contribution in [0.5, 0.6) is 0 Å². The second-order valence-electron chi connectivity index (χ2n) is 3.45. The minimum atomic E-state index is -0.732. The molecular formula is C12H16N2O2. The summed E-state index contributed by atoms with van der Waals surface area (Å²) in [6, 6.07) is 6.99. The highest BCUT2D eigenvalue weighted by molar-refractivity contribution is 5.87. The average Bonchev–Trinajstić information content (AvgIpc) is 2.31. The molecule has 1 amide bonds. The second kappa shape index (κ2) is 6.02. The van der Waals surface area contributed by atoms with Crippen molar-refractivity contribution in [3.63, 3.8) is 0 Å². The van der Waals surface area contributed by atoms with Gasteiger partial charge >= 0.3 is 0 Å². The number of aryl methyl sites for hydroxylation is 1. The van der Waals surface area contributed by atoms with Gasteiger partial charge in [-0.15, -0.1) is 0 Å². The van der Waals surface area contributed by atoms with Gasteiger partial charge in [0.1, 0.15) is 0 Å². The van der Waals surface area contributed by atoms with E-state index in [-0.39, 0.29) is 12.5 Å². The molecule has 4 nitrogen and oxygen atoms in total. The minimum absolute atomic E-state index is 0.285. The highest BCUT2D eigenvalue weighted by atomic mass is 16.3. The summed E-state index contributed by atoms with van der Waals surface area (Å²) in [6.45, 7) is 1.68. The SMILES string of the molecule is CNC(=O)[C@H](CO)N=Cc1ccccc1C. The number of benzene rings is 1. The van der Waals surface area contributed by atoms with Crippen LogP contribution in [0.4, 0.5) is 0 Å². The minimum Gasteiger partial charge on any atom is -0.394 e. The third-order valence-corrected chi connectivity index (χ3v) is 2.30. The molecular weight excluding hydrogens is 204 g/mol. The van der Waals surface area contributed by atoms with E-state index >= 15 is 0 Å². The first-order chi connectivity index (χ1) is 7.69. The summed E-state index contributed by atoms with van der Waals surface area (Å²) in [5.74, 6) is -0.285. The lowest BCUT2D eigenvalue weighted by Crippen LogP contribution is -2.33. The zero-order chi connectivity index (χ0) is 12.0. The van der Waals surface area contributed by atoms with Gasteiger partial charge in [-0.25, -0.2) is 0 Å². The Morgan fingerprint density at radius 2 is 2.25 bits per heavy atom. The van der Waals surface area contributed by atoms with Crippen LogP contribution < -0.4 is 5.32 Å². The summed E-state index contributed by atoms with van der Waals surface area (Å²) in [6.07, 6.45) is 1.62. The maximum atomic E-state index is 11.3. The number of aliphatic hydroxyl groups excluding tert-OH is 1. The van der Waals surface area contributed by atoms with Crippen LogP contribution in [0.15, 0.2) is 29.3 Å². The van der Waals surface area contributed by atoms with E-state index in [9.17, 15) is 4.79 Å². The number of carbonyl (C=O) groups is 1. The predicted octanol–water partition coefficient (Wildman–Crippen LogP) is 0.521. The van der Waals surface area contributed by atoms with Crippen molar-refractivity contribution in [2.75, 3.05) is 13.7 Å². The zero-order valence-electron chi connectivity index (χ0n) is 9.47. The molecule has 86 valence electrons. The molecule has 1 aromatic rings. The first-order valence-electron chi connectivity index (χ1n) is 5.10. The van der Waals surface area contributed by atoms with Crippen molar-refractivity contribution >= 4 is 12.1 Å². The van der Waals surface area contributed by atoms with Crippen molar-refractivity contribution in [1.82, 2.24) is 5.32 Å². The van der Waals surface area contributed by atoms with Gasteiger partial charge in [-0.1, -0.05) is 24.3 Å². The van der Waals surface area contributed by atoms with Crippen LogP contribution in [0, 0.1) is 6.92 Å². The Kier molecular flexibility index (Phi) is 4.66. The van der Waals surface area contributed by atoms with E-state index in [1.807, 2.05) is 31.2 Å². The standard InChI is InChI=1S/C12H16N2O2/c1-9-5-3-4-6-10(9)7-14-11(8-15)12(16)13-2/h3-7,11,15H,8H2,1-2H3,(H,13,16)/t11-/m0/s1. The number of nitrogens with zero attached hydrogens (tertiary/aromatic N) is 1. The van der Waals surface area contributed by atoms with Gasteiger partial charge in [-0.2, -0.15) is 0 Å². The fraction of sp³-hybridized carbons (Fsp3) is 0.333. The summed E-state index contributed by atoms with van der Waals surface area (Å²) in [5.41, 5.74) is 2.03.